The van der Waals surface area contributed by atoms with Gasteiger partial charge in [-0.05, 0) is 36.8 Å². The Balaban J connectivity index is 1.48. The van der Waals surface area contributed by atoms with Gasteiger partial charge < -0.3 is 20.1 Å². The summed E-state index contributed by atoms with van der Waals surface area (Å²) in [4.78, 5) is 20.4. The van der Waals surface area contributed by atoms with Gasteiger partial charge in [0.2, 0.25) is 5.88 Å². The summed E-state index contributed by atoms with van der Waals surface area (Å²) in [6.45, 7) is 2.72. The molecule has 0 bridgehead atoms. The van der Waals surface area contributed by atoms with Gasteiger partial charge in [0.05, 0.1) is 13.2 Å². The number of urea groups is 1. The number of methoxy groups -OCH3 is 1. The Labute approximate surface area is 170 Å². The molecule has 7 heteroatoms. The largest absolute Gasteiger partial charge is 0.489 e. The standard InChI is InChI=1S/C22H24N4O3/c1-16(26-22(27)25-14-19-6-4-12-24-21(19)28-2)18-7-9-20(10-8-18)29-15-17-5-3-11-23-13-17/h3-13,16H,14-15H2,1-2H3,(H2,25,26,27). The van der Waals surface area contributed by atoms with Gasteiger partial charge in [0, 0.05) is 36.3 Å². The van der Waals surface area contributed by atoms with Crippen molar-refractivity contribution in [2.75, 3.05) is 7.11 Å². The van der Waals surface area contributed by atoms with Gasteiger partial charge in [-0.15, -0.1) is 0 Å². The summed E-state index contributed by atoms with van der Waals surface area (Å²) >= 11 is 0. The van der Waals surface area contributed by atoms with Gasteiger partial charge in [0.25, 0.3) is 0 Å². The van der Waals surface area contributed by atoms with E-state index in [0.29, 0.717) is 19.0 Å². The van der Waals surface area contributed by atoms with E-state index in [2.05, 4.69) is 20.6 Å². The number of nitrogens with one attached hydrogen (secondary N) is 2. The smallest absolute Gasteiger partial charge is 0.315 e. The average molecular weight is 392 g/mol. The first kappa shape index (κ1) is 20.1. The van der Waals surface area contributed by atoms with Gasteiger partial charge in [-0.25, -0.2) is 9.78 Å². The van der Waals surface area contributed by atoms with Crippen LogP contribution in [0, 0.1) is 0 Å². The van der Waals surface area contributed by atoms with E-state index in [0.717, 1.165) is 22.4 Å². The molecule has 0 aliphatic rings. The third kappa shape index (κ3) is 5.93. The number of ether oxygens (including phenoxy) is 2. The van der Waals surface area contributed by atoms with Crippen molar-refractivity contribution in [3.05, 3.63) is 83.8 Å². The van der Waals surface area contributed by atoms with Crippen molar-refractivity contribution in [3.8, 4) is 11.6 Å². The van der Waals surface area contributed by atoms with Gasteiger partial charge in [-0.1, -0.05) is 24.3 Å². The molecule has 1 unspecified atom stereocenters. The molecule has 2 aromatic heterocycles. The van der Waals surface area contributed by atoms with E-state index in [4.69, 9.17) is 9.47 Å². The molecule has 3 aromatic rings. The number of hydrogen-bond donors (Lipinski definition) is 2. The molecule has 1 atom stereocenters. The minimum Gasteiger partial charge on any atom is -0.489 e. The first-order chi connectivity index (χ1) is 14.2. The molecule has 2 N–H and O–H groups in total. The summed E-state index contributed by atoms with van der Waals surface area (Å²) in [5.41, 5.74) is 2.80. The van der Waals surface area contributed by atoms with Gasteiger partial charge in [-0.3, -0.25) is 4.98 Å². The van der Waals surface area contributed by atoms with Crippen LogP contribution in [0.15, 0.2) is 67.1 Å². The van der Waals surface area contributed by atoms with Crippen LogP contribution in [0.3, 0.4) is 0 Å². The average Bonchev–Trinajstić information content (AvgIpc) is 2.77. The minimum atomic E-state index is -0.264. The van der Waals surface area contributed by atoms with Crippen molar-refractivity contribution < 1.29 is 14.3 Å². The Morgan fingerprint density at radius 1 is 1.10 bits per heavy atom. The zero-order valence-corrected chi connectivity index (χ0v) is 16.5. The van der Waals surface area contributed by atoms with Crippen molar-refractivity contribution >= 4 is 6.03 Å². The summed E-state index contributed by atoms with van der Waals surface area (Å²) in [5, 5.41) is 5.74. The summed E-state index contributed by atoms with van der Waals surface area (Å²) in [6, 6.07) is 14.7. The van der Waals surface area contributed by atoms with Crippen molar-refractivity contribution in [1.82, 2.24) is 20.6 Å². The SMILES string of the molecule is COc1ncccc1CNC(=O)NC(C)c1ccc(OCc2cccnc2)cc1. The van der Waals surface area contributed by atoms with Gasteiger partial charge in [-0.2, -0.15) is 0 Å². The second-order valence-corrected chi connectivity index (χ2v) is 6.44. The van der Waals surface area contributed by atoms with Gasteiger partial charge in [0.1, 0.15) is 12.4 Å². The lowest BCUT2D eigenvalue weighted by molar-refractivity contribution is 0.237. The third-order valence-corrected chi connectivity index (χ3v) is 4.34. The van der Waals surface area contributed by atoms with E-state index in [1.165, 1.54) is 0 Å². The van der Waals surface area contributed by atoms with E-state index >= 15 is 0 Å². The maximum absolute atomic E-state index is 12.2. The number of hydrogen-bond acceptors (Lipinski definition) is 5. The first-order valence-electron chi connectivity index (χ1n) is 9.29. The Kier molecular flexibility index (Phi) is 7.00. The Morgan fingerprint density at radius 3 is 2.62 bits per heavy atom. The molecule has 3 rings (SSSR count). The van der Waals surface area contributed by atoms with E-state index in [1.54, 1.807) is 31.8 Å². The van der Waals surface area contributed by atoms with Crippen molar-refractivity contribution in [2.24, 2.45) is 0 Å². The molecule has 0 spiro atoms. The van der Waals surface area contributed by atoms with Crippen LogP contribution in [-0.4, -0.2) is 23.1 Å². The molecule has 0 radical (unpaired) electrons. The molecule has 0 aliphatic carbocycles. The predicted molar refractivity (Wildman–Crippen MR) is 110 cm³/mol. The van der Waals surface area contributed by atoms with Crippen molar-refractivity contribution in [2.45, 2.75) is 26.1 Å². The van der Waals surface area contributed by atoms with Crippen LogP contribution < -0.4 is 20.1 Å². The fourth-order valence-corrected chi connectivity index (χ4v) is 2.75. The highest BCUT2D eigenvalue weighted by Crippen LogP contribution is 2.19. The molecule has 0 aliphatic heterocycles. The normalized spacial score (nSPS) is 11.4. The summed E-state index contributed by atoms with van der Waals surface area (Å²) in [6.07, 6.45) is 5.16. The molecule has 150 valence electrons. The predicted octanol–water partition coefficient (Wildman–Crippen LogP) is 3.62. The molecule has 0 saturated carbocycles. The molecule has 2 heterocycles. The zero-order chi connectivity index (χ0) is 20.5. The number of benzene rings is 1. The van der Waals surface area contributed by atoms with Crippen LogP contribution in [-0.2, 0) is 13.2 Å². The molecular formula is C22H24N4O3. The fraction of sp³-hybridized carbons (Fsp3) is 0.227. The van der Waals surface area contributed by atoms with Crippen molar-refractivity contribution in [3.63, 3.8) is 0 Å². The van der Waals surface area contributed by atoms with Gasteiger partial charge in [0.15, 0.2) is 0 Å². The monoisotopic (exact) mass is 392 g/mol. The van der Waals surface area contributed by atoms with Crippen molar-refractivity contribution in [1.29, 1.82) is 0 Å². The summed E-state index contributed by atoms with van der Waals surface area (Å²) in [7, 11) is 1.55. The molecule has 1 aromatic carbocycles. The quantitative estimate of drug-likeness (QED) is 0.611. The number of amides is 2. The lowest BCUT2D eigenvalue weighted by Crippen LogP contribution is -2.36. The second-order valence-electron chi connectivity index (χ2n) is 6.44. The van der Waals surface area contributed by atoms with E-state index in [9.17, 15) is 4.79 Å². The van der Waals surface area contributed by atoms with Crippen LogP contribution in [0.25, 0.3) is 0 Å². The fourth-order valence-electron chi connectivity index (χ4n) is 2.75. The Hall–Kier alpha value is -3.61. The summed E-state index contributed by atoms with van der Waals surface area (Å²) in [5.74, 6) is 1.26. The second kappa shape index (κ2) is 10.1. The number of carbonyl (C=O) groups excluding carboxylic acids is 1. The lowest BCUT2D eigenvalue weighted by atomic mass is 10.1. The van der Waals surface area contributed by atoms with Gasteiger partial charge >= 0.3 is 6.03 Å². The molecule has 7 nitrogen and oxygen atoms in total. The number of rotatable bonds is 8. The Bertz CT molecular complexity index is 917. The topological polar surface area (TPSA) is 85.4 Å². The highest BCUT2D eigenvalue weighted by atomic mass is 16.5. The molecule has 0 fully saturated rings. The number of nitrogens with zero attached hydrogens (tertiary/aromatic N) is 2. The maximum Gasteiger partial charge on any atom is 0.315 e. The van der Waals surface area contributed by atoms with Crippen LogP contribution in [0.4, 0.5) is 4.79 Å². The number of aromatic nitrogens is 2. The van der Waals surface area contributed by atoms with E-state index in [1.807, 2.05) is 49.4 Å². The number of carbonyl (C=O) groups is 1. The minimum absolute atomic E-state index is 0.154. The zero-order valence-electron chi connectivity index (χ0n) is 16.5. The highest BCUT2D eigenvalue weighted by Gasteiger charge is 2.11. The third-order valence-electron chi connectivity index (χ3n) is 4.34. The van der Waals surface area contributed by atoms with Crippen LogP contribution in [0.5, 0.6) is 11.6 Å². The van der Waals surface area contributed by atoms with E-state index < -0.39 is 0 Å². The first-order valence-corrected chi connectivity index (χ1v) is 9.29. The maximum atomic E-state index is 12.2. The molecule has 29 heavy (non-hydrogen) atoms. The number of pyridine rings is 2. The van der Waals surface area contributed by atoms with Crippen LogP contribution in [0.1, 0.15) is 29.7 Å². The molecular weight excluding hydrogens is 368 g/mol. The summed E-state index contributed by atoms with van der Waals surface area (Å²) < 4.78 is 10.9. The highest BCUT2D eigenvalue weighted by molar-refractivity contribution is 5.74. The van der Waals surface area contributed by atoms with Crippen LogP contribution >= 0.6 is 0 Å². The molecule has 2 amide bonds. The Morgan fingerprint density at radius 2 is 1.90 bits per heavy atom. The van der Waals surface area contributed by atoms with Crippen LogP contribution in [0.2, 0.25) is 0 Å². The lowest BCUT2D eigenvalue weighted by Gasteiger charge is -2.16. The molecule has 0 saturated heterocycles. The van der Waals surface area contributed by atoms with E-state index in [-0.39, 0.29) is 12.1 Å².